The maximum absolute atomic E-state index is 11.6. The number of carbonyl (C=O) groups excluding carboxylic acids is 1. The van der Waals surface area contributed by atoms with Crippen LogP contribution in [0.4, 0.5) is 0 Å². The zero-order chi connectivity index (χ0) is 16.0. The molecule has 0 spiro atoms. The van der Waals surface area contributed by atoms with Gasteiger partial charge in [-0.3, -0.25) is 9.78 Å². The van der Waals surface area contributed by atoms with Crippen LogP contribution in [0.1, 0.15) is 52.2 Å². The standard InChI is InChI=1S/C16H22BNO4/c1-15(2)16(3,4)22-17(21-15)12-7-11(9-18-10-12)14-8-13(19)5-6-20-14/h7,9-10,14H,5-6,8H2,1-4H3. The topological polar surface area (TPSA) is 57.7 Å². The summed E-state index contributed by atoms with van der Waals surface area (Å²) in [6, 6.07) is 1.97. The van der Waals surface area contributed by atoms with Crippen molar-refractivity contribution in [3.8, 4) is 0 Å². The van der Waals surface area contributed by atoms with Gasteiger partial charge in [-0.25, -0.2) is 0 Å². The van der Waals surface area contributed by atoms with Gasteiger partial charge in [0.2, 0.25) is 0 Å². The number of rotatable bonds is 2. The second-order valence-corrected chi connectivity index (χ2v) is 6.99. The lowest BCUT2D eigenvalue weighted by Crippen LogP contribution is -2.41. The number of Topliss-reactive ketones (excluding diaryl/α,β-unsaturated/α-hetero) is 1. The Balaban J connectivity index is 1.82. The molecule has 118 valence electrons. The highest BCUT2D eigenvalue weighted by Gasteiger charge is 2.51. The van der Waals surface area contributed by atoms with E-state index >= 15 is 0 Å². The Kier molecular flexibility index (Phi) is 3.87. The highest BCUT2D eigenvalue weighted by Crippen LogP contribution is 2.36. The van der Waals surface area contributed by atoms with Crippen molar-refractivity contribution in [1.82, 2.24) is 4.98 Å². The number of nitrogens with zero attached hydrogens (tertiary/aromatic N) is 1. The van der Waals surface area contributed by atoms with Gasteiger partial charge in [-0.05, 0) is 33.3 Å². The number of hydrogen-bond acceptors (Lipinski definition) is 5. The summed E-state index contributed by atoms with van der Waals surface area (Å²) in [6.07, 6.45) is 4.19. The molecule has 5 nitrogen and oxygen atoms in total. The SMILES string of the molecule is CC1(C)OB(c2cncc(C3CC(=O)CCO3)c2)OC1(C)C. The van der Waals surface area contributed by atoms with E-state index in [9.17, 15) is 4.79 Å². The predicted molar refractivity (Wildman–Crippen MR) is 82.9 cm³/mol. The van der Waals surface area contributed by atoms with E-state index in [4.69, 9.17) is 14.0 Å². The first-order valence-electron chi connectivity index (χ1n) is 7.72. The van der Waals surface area contributed by atoms with E-state index in [-0.39, 0.29) is 23.1 Å². The van der Waals surface area contributed by atoms with Crippen LogP contribution in [0.25, 0.3) is 0 Å². The first-order chi connectivity index (χ1) is 10.3. The molecule has 3 heterocycles. The molecule has 22 heavy (non-hydrogen) atoms. The summed E-state index contributed by atoms with van der Waals surface area (Å²) >= 11 is 0. The summed E-state index contributed by atoms with van der Waals surface area (Å²) < 4.78 is 17.8. The normalized spacial score (nSPS) is 27.2. The van der Waals surface area contributed by atoms with Gasteiger partial charge < -0.3 is 14.0 Å². The van der Waals surface area contributed by atoms with Crippen LogP contribution in [0.2, 0.25) is 0 Å². The number of hydrogen-bond donors (Lipinski definition) is 0. The van der Waals surface area contributed by atoms with E-state index in [0.717, 1.165) is 11.0 Å². The van der Waals surface area contributed by atoms with Crippen LogP contribution in [0.3, 0.4) is 0 Å². The molecule has 2 aliphatic rings. The molecule has 1 aromatic heterocycles. The van der Waals surface area contributed by atoms with E-state index in [1.807, 2.05) is 33.8 Å². The molecule has 1 aromatic rings. The van der Waals surface area contributed by atoms with Crippen molar-refractivity contribution >= 4 is 18.4 Å². The molecular formula is C16H22BNO4. The fourth-order valence-corrected chi connectivity index (χ4v) is 2.66. The molecule has 0 saturated carbocycles. The summed E-state index contributed by atoms with van der Waals surface area (Å²) in [4.78, 5) is 15.9. The highest BCUT2D eigenvalue weighted by molar-refractivity contribution is 6.62. The summed E-state index contributed by atoms with van der Waals surface area (Å²) in [5.41, 5.74) is 0.994. The van der Waals surface area contributed by atoms with E-state index in [2.05, 4.69) is 4.98 Å². The van der Waals surface area contributed by atoms with Gasteiger partial charge >= 0.3 is 7.12 Å². The number of pyridine rings is 1. The van der Waals surface area contributed by atoms with Crippen molar-refractivity contribution in [3.63, 3.8) is 0 Å². The molecule has 3 rings (SSSR count). The lowest BCUT2D eigenvalue weighted by molar-refractivity contribution is -0.128. The van der Waals surface area contributed by atoms with E-state index in [0.29, 0.717) is 19.4 Å². The Labute approximate surface area is 131 Å². The lowest BCUT2D eigenvalue weighted by Gasteiger charge is -2.32. The number of ether oxygens (including phenoxy) is 1. The van der Waals surface area contributed by atoms with Crippen LogP contribution in [0.15, 0.2) is 18.5 Å². The van der Waals surface area contributed by atoms with Crippen molar-refractivity contribution in [2.45, 2.75) is 57.8 Å². The van der Waals surface area contributed by atoms with Crippen molar-refractivity contribution in [2.75, 3.05) is 6.61 Å². The quantitative estimate of drug-likeness (QED) is 0.780. The van der Waals surface area contributed by atoms with Crippen LogP contribution < -0.4 is 5.46 Å². The largest absolute Gasteiger partial charge is 0.496 e. The van der Waals surface area contributed by atoms with Crippen molar-refractivity contribution < 1.29 is 18.8 Å². The molecule has 0 N–H and O–H groups in total. The fourth-order valence-electron chi connectivity index (χ4n) is 2.66. The summed E-state index contributed by atoms with van der Waals surface area (Å²) in [7, 11) is -0.447. The smallest absolute Gasteiger partial charge is 0.399 e. The van der Waals surface area contributed by atoms with Gasteiger partial charge in [-0.1, -0.05) is 6.07 Å². The van der Waals surface area contributed by atoms with Gasteiger partial charge in [-0.2, -0.15) is 0 Å². The molecule has 1 unspecified atom stereocenters. The Morgan fingerprint density at radius 2 is 1.86 bits per heavy atom. The summed E-state index contributed by atoms with van der Waals surface area (Å²) in [5.74, 6) is 0.234. The Bertz CT molecular complexity index is 571. The molecule has 1 atom stereocenters. The predicted octanol–water partition coefficient (Wildman–Crippen LogP) is 1.80. The average Bonchev–Trinajstić information content (AvgIpc) is 2.68. The van der Waals surface area contributed by atoms with Crippen LogP contribution >= 0.6 is 0 Å². The van der Waals surface area contributed by atoms with Gasteiger partial charge in [0.25, 0.3) is 0 Å². The van der Waals surface area contributed by atoms with E-state index in [1.165, 1.54) is 0 Å². The second-order valence-electron chi connectivity index (χ2n) is 6.99. The molecule has 2 fully saturated rings. The second kappa shape index (κ2) is 5.44. The van der Waals surface area contributed by atoms with Gasteiger partial charge in [0, 0.05) is 30.7 Å². The Morgan fingerprint density at radius 3 is 2.50 bits per heavy atom. The average molecular weight is 303 g/mol. The highest BCUT2D eigenvalue weighted by atomic mass is 16.7. The third-order valence-electron chi connectivity index (χ3n) is 4.79. The molecule has 2 saturated heterocycles. The first-order valence-corrected chi connectivity index (χ1v) is 7.72. The zero-order valence-electron chi connectivity index (χ0n) is 13.6. The van der Waals surface area contributed by atoms with Gasteiger partial charge in [-0.15, -0.1) is 0 Å². The molecule has 6 heteroatoms. The maximum Gasteiger partial charge on any atom is 0.496 e. The van der Waals surface area contributed by atoms with Crippen molar-refractivity contribution in [3.05, 3.63) is 24.0 Å². The third kappa shape index (κ3) is 2.83. The molecule has 0 aromatic carbocycles. The summed E-state index contributed by atoms with van der Waals surface area (Å²) in [5, 5.41) is 0. The fraction of sp³-hybridized carbons (Fsp3) is 0.625. The third-order valence-corrected chi connectivity index (χ3v) is 4.79. The molecule has 0 bridgehead atoms. The number of aromatic nitrogens is 1. The number of ketones is 1. The Morgan fingerprint density at radius 1 is 1.18 bits per heavy atom. The van der Waals surface area contributed by atoms with Crippen LogP contribution in [-0.4, -0.2) is 35.7 Å². The molecular weight excluding hydrogens is 281 g/mol. The molecule has 2 aliphatic heterocycles. The Hall–Kier alpha value is -1.24. The minimum Gasteiger partial charge on any atom is -0.399 e. The van der Waals surface area contributed by atoms with E-state index in [1.54, 1.807) is 12.4 Å². The van der Waals surface area contributed by atoms with Crippen LogP contribution in [0.5, 0.6) is 0 Å². The van der Waals surface area contributed by atoms with Gasteiger partial charge in [0.1, 0.15) is 5.78 Å². The monoisotopic (exact) mass is 303 g/mol. The number of carbonyl (C=O) groups is 1. The van der Waals surface area contributed by atoms with Crippen molar-refractivity contribution in [2.24, 2.45) is 0 Å². The minimum atomic E-state index is -0.447. The zero-order valence-corrected chi connectivity index (χ0v) is 13.6. The van der Waals surface area contributed by atoms with Crippen LogP contribution in [-0.2, 0) is 18.8 Å². The van der Waals surface area contributed by atoms with E-state index < -0.39 is 7.12 Å². The van der Waals surface area contributed by atoms with Gasteiger partial charge in [0.05, 0.1) is 23.9 Å². The molecule has 0 radical (unpaired) electrons. The van der Waals surface area contributed by atoms with Gasteiger partial charge in [0.15, 0.2) is 0 Å². The minimum absolute atomic E-state index is 0.212. The lowest BCUT2D eigenvalue weighted by atomic mass is 9.79. The first kappa shape index (κ1) is 15.7. The molecule has 0 aliphatic carbocycles. The summed E-state index contributed by atoms with van der Waals surface area (Å²) in [6.45, 7) is 8.56. The molecule has 0 amide bonds. The van der Waals surface area contributed by atoms with Crippen LogP contribution in [0, 0.1) is 0 Å². The van der Waals surface area contributed by atoms with Crippen molar-refractivity contribution in [1.29, 1.82) is 0 Å². The maximum atomic E-state index is 11.6.